The molecule has 4 rings (SSSR count). The summed E-state index contributed by atoms with van der Waals surface area (Å²) in [5, 5.41) is 12.1. The second kappa shape index (κ2) is 8.63. The van der Waals surface area contributed by atoms with E-state index >= 15 is 0 Å². The summed E-state index contributed by atoms with van der Waals surface area (Å²) in [7, 11) is 0. The molecule has 0 spiro atoms. The number of halogens is 1. The lowest BCUT2D eigenvalue weighted by atomic mass is 10.1. The quantitative estimate of drug-likeness (QED) is 0.483. The zero-order valence-corrected chi connectivity index (χ0v) is 16.1. The van der Waals surface area contributed by atoms with Crippen LogP contribution in [0.15, 0.2) is 72.5 Å². The van der Waals surface area contributed by atoms with Crippen molar-refractivity contribution in [3.05, 3.63) is 94.3 Å². The van der Waals surface area contributed by atoms with Crippen LogP contribution in [0.2, 0.25) is 0 Å². The Bertz CT molecular complexity index is 1050. The number of nitriles is 1. The van der Waals surface area contributed by atoms with Crippen molar-refractivity contribution in [3.8, 4) is 17.3 Å². The first-order chi connectivity index (χ1) is 12.8. The van der Waals surface area contributed by atoms with Gasteiger partial charge in [0.15, 0.2) is 0 Å². The SMILES string of the molecule is Cl.N#Cc1ccc(Cn2cncc2Cc2nc(-c3ccccc3)cs2)cc1. The van der Waals surface area contributed by atoms with Crippen LogP contribution in [0.25, 0.3) is 11.3 Å². The number of hydrogen-bond donors (Lipinski definition) is 0. The topological polar surface area (TPSA) is 54.5 Å². The molecule has 0 aliphatic carbocycles. The van der Waals surface area contributed by atoms with E-state index in [-0.39, 0.29) is 12.4 Å². The smallest absolute Gasteiger partial charge is 0.0992 e. The van der Waals surface area contributed by atoms with Gasteiger partial charge in [-0.3, -0.25) is 0 Å². The summed E-state index contributed by atoms with van der Waals surface area (Å²) in [6.07, 6.45) is 4.50. The molecule has 0 atom stereocenters. The van der Waals surface area contributed by atoms with E-state index in [1.54, 1.807) is 11.3 Å². The zero-order valence-electron chi connectivity index (χ0n) is 14.4. The molecule has 0 aliphatic heterocycles. The van der Waals surface area contributed by atoms with Gasteiger partial charge >= 0.3 is 0 Å². The van der Waals surface area contributed by atoms with Gasteiger partial charge in [-0.15, -0.1) is 23.7 Å². The fourth-order valence-electron chi connectivity index (χ4n) is 2.81. The first kappa shape index (κ1) is 18.8. The van der Waals surface area contributed by atoms with Crippen molar-refractivity contribution >= 4 is 23.7 Å². The summed E-state index contributed by atoms with van der Waals surface area (Å²) in [4.78, 5) is 9.07. The summed E-state index contributed by atoms with van der Waals surface area (Å²) in [5.74, 6) is 0. The molecule has 0 unspecified atom stereocenters. The van der Waals surface area contributed by atoms with Crippen LogP contribution >= 0.6 is 23.7 Å². The summed E-state index contributed by atoms with van der Waals surface area (Å²) in [6.45, 7) is 0.734. The number of thiazole rings is 1. The molecule has 0 bridgehead atoms. The Balaban J connectivity index is 0.00000210. The molecule has 0 N–H and O–H groups in total. The minimum absolute atomic E-state index is 0. The van der Waals surface area contributed by atoms with E-state index in [9.17, 15) is 0 Å². The van der Waals surface area contributed by atoms with E-state index in [0.29, 0.717) is 5.56 Å². The third kappa shape index (κ3) is 4.43. The van der Waals surface area contributed by atoms with Gasteiger partial charge in [0.25, 0.3) is 0 Å². The van der Waals surface area contributed by atoms with Gasteiger partial charge in [0.2, 0.25) is 0 Å². The normalized spacial score (nSPS) is 10.2. The number of hydrogen-bond acceptors (Lipinski definition) is 4. The molecule has 2 heterocycles. The van der Waals surface area contributed by atoms with E-state index in [2.05, 4.69) is 33.1 Å². The maximum absolute atomic E-state index is 8.91. The van der Waals surface area contributed by atoms with Crippen molar-refractivity contribution < 1.29 is 0 Å². The number of nitrogens with zero attached hydrogens (tertiary/aromatic N) is 4. The van der Waals surface area contributed by atoms with Crippen molar-refractivity contribution in [1.82, 2.24) is 14.5 Å². The van der Waals surface area contributed by atoms with Crippen LogP contribution in [0.3, 0.4) is 0 Å². The Labute approximate surface area is 168 Å². The highest BCUT2D eigenvalue weighted by molar-refractivity contribution is 7.10. The van der Waals surface area contributed by atoms with Gasteiger partial charge in [-0.1, -0.05) is 42.5 Å². The van der Waals surface area contributed by atoms with Gasteiger partial charge in [-0.05, 0) is 17.7 Å². The van der Waals surface area contributed by atoms with Crippen molar-refractivity contribution in [2.75, 3.05) is 0 Å². The molecule has 0 fully saturated rings. The largest absolute Gasteiger partial charge is 0.330 e. The van der Waals surface area contributed by atoms with Crippen LogP contribution in [0.1, 0.15) is 21.8 Å². The summed E-state index contributed by atoms with van der Waals surface area (Å²) in [5.41, 5.74) is 5.11. The fraction of sp³-hybridized carbons (Fsp3) is 0.0952. The first-order valence-electron chi connectivity index (χ1n) is 8.30. The minimum Gasteiger partial charge on any atom is -0.330 e. The first-order valence-corrected chi connectivity index (χ1v) is 9.17. The van der Waals surface area contributed by atoms with Gasteiger partial charge in [-0.25, -0.2) is 9.97 Å². The second-order valence-corrected chi connectivity index (χ2v) is 6.93. The summed E-state index contributed by atoms with van der Waals surface area (Å²) >= 11 is 1.67. The van der Waals surface area contributed by atoms with Gasteiger partial charge in [0.1, 0.15) is 0 Å². The summed E-state index contributed by atoms with van der Waals surface area (Å²) < 4.78 is 2.13. The average molecular weight is 393 g/mol. The van der Waals surface area contributed by atoms with E-state index in [0.717, 1.165) is 40.5 Å². The molecule has 4 nitrogen and oxygen atoms in total. The molecule has 0 aliphatic rings. The van der Waals surface area contributed by atoms with E-state index in [1.165, 1.54) is 0 Å². The molecule has 0 amide bonds. The van der Waals surface area contributed by atoms with Crippen LogP contribution in [0.5, 0.6) is 0 Å². The van der Waals surface area contributed by atoms with Gasteiger partial charge < -0.3 is 4.57 Å². The number of rotatable bonds is 5. The molecule has 2 aromatic heterocycles. The van der Waals surface area contributed by atoms with Crippen LogP contribution < -0.4 is 0 Å². The van der Waals surface area contributed by atoms with Crippen molar-refractivity contribution in [2.45, 2.75) is 13.0 Å². The lowest BCUT2D eigenvalue weighted by Crippen LogP contribution is -2.04. The highest BCUT2D eigenvalue weighted by Crippen LogP contribution is 2.23. The third-order valence-corrected chi connectivity index (χ3v) is 5.04. The predicted molar refractivity (Wildman–Crippen MR) is 110 cm³/mol. The number of imidazole rings is 1. The Morgan fingerprint density at radius 3 is 2.56 bits per heavy atom. The van der Waals surface area contributed by atoms with Crippen molar-refractivity contribution in [3.63, 3.8) is 0 Å². The highest BCUT2D eigenvalue weighted by Gasteiger charge is 2.09. The van der Waals surface area contributed by atoms with Crippen LogP contribution in [0.4, 0.5) is 0 Å². The van der Waals surface area contributed by atoms with Gasteiger partial charge in [0, 0.05) is 35.8 Å². The Hall–Kier alpha value is -2.94. The fourth-order valence-corrected chi connectivity index (χ4v) is 3.63. The lowest BCUT2D eigenvalue weighted by Gasteiger charge is -2.07. The van der Waals surface area contributed by atoms with E-state index < -0.39 is 0 Å². The second-order valence-electron chi connectivity index (χ2n) is 5.99. The molecule has 0 saturated heterocycles. The Morgan fingerprint density at radius 2 is 1.81 bits per heavy atom. The van der Waals surface area contributed by atoms with E-state index in [1.807, 2.05) is 55.0 Å². The van der Waals surface area contributed by atoms with Crippen molar-refractivity contribution in [2.24, 2.45) is 0 Å². The minimum atomic E-state index is 0. The maximum Gasteiger partial charge on any atom is 0.0992 e. The summed E-state index contributed by atoms with van der Waals surface area (Å²) in [6, 6.07) is 20.0. The lowest BCUT2D eigenvalue weighted by molar-refractivity contribution is 0.752. The van der Waals surface area contributed by atoms with Crippen LogP contribution in [-0.4, -0.2) is 14.5 Å². The van der Waals surface area contributed by atoms with Gasteiger partial charge in [0.05, 0.1) is 28.7 Å². The van der Waals surface area contributed by atoms with E-state index in [4.69, 9.17) is 10.2 Å². The molecule has 4 aromatic rings. The average Bonchev–Trinajstić information content (AvgIpc) is 3.33. The molecule has 6 heteroatoms. The molecule has 0 saturated carbocycles. The number of benzene rings is 2. The highest BCUT2D eigenvalue weighted by atomic mass is 35.5. The van der Waals surface area contributed by atoms with Crippen molar-refractivity contribution in [1.29, 1.82) is 5.26 Å². The molecular formula is C21H17ClN4S. The molecule has 0 radical (unpaired) electrons. The monoisotopic (exact) mass is 392 g/mol. The van der Waals surface area contributed by atoms with Gasteiger partial charge in [-0.2, -0.15) is 5.26 Å². The Morgan fingerprint density at radius 1 is 1.04 bits per heavy atom. The zero-order chi connectivity index (χ0) is 17.8. The molecule has 134 valence electrons. The standard InChI is InChI=1S/C21H16N4S.ClH/c22-11-16-6-8-17(9-7-16)13-25-15-23-12-19(25)10-21-24-20(14-26-21)18-4-2-1-3-5-18;/h1-9,12,14-15H,10,13H2;1H. The third-order valence-electron chi connectivity index (χ3n) is 4.19. The van der Waals surface area contributed by atoms with Crippen LogP contribution in [-0.2, 0) is 13.0 Å². The molecule has 27 heavy (non-hydrogen) atoms. The molecular weight excluding hydrogens is 376 g/mol. The molecule has 2 aromatic carbocycles. The number of aromatic nitrogens is 3. The Kier molecular flexibility index (Phi) is 6.02. The predicted octanol–water partition coefficient (Wildman–Crippen LogP) is 4.94. The van der Waals surface area contributed by atoms with Crippen LogP contribution in [0, 0.1) is 11.3 Å². The maximum atomic E-state index is 8.91.